The maximum absolute atomic E-state index is 12.4. The first kappa shape index (κ1) is 21.0. The topological polar surface area (TPSA) is 47.2 Å². The van der Waals surface area contributed by atoms with Crippen molar-refractivity contribution in [3.05, 3.63) is 53.6 Å². The lowest BCUT2D eigenvalue weighted by molar-refractivity contribution is -1.01. The number of hydrogen-bond acceptors (Lipinski definition) is 3. The van der Waals surface area contributed by atoms with Gasteiger partial charge in [0, 0.05) is 9.92 Å². The molecule has 5 nitrogen and oxygen atoms in total. The number of piperazine rings is 1. The predicted octanol–water partition coefficient (Wildman–Crippen LogP) is 0.863. The van der Waals surface area contributed by atoms with Gasteiger partial charge in [0.25, 0.3) is 5.91 Å². The van der Waals surface area contributed by atoms with Gasteiger partial charge in [-0.1, -0.05) is 23.7 Å². The molecule has 7 heteroatoms. The van der Waals surface area contributed by atoms with Crippen LogP contribution in [0.25, 0.3) is 0 Å². The smallest absolute Gasteiger partial charge is 0.279 e. The lowest BCUT2D eigenvalue weighted by Crippen LogP contribution is -3.28. The second-order valence-electron chi connectivity index (χ2n) is 6.98. The highest BCUT2D eigenvalue weighted by molar-refractivity contribution is 7.98. The molecule has 1 aliphatic rings. The van der Waals surface area contributed by atoms with Crippen molar-refractivity contribution < 1.29 is 19.3 Å². The summed E-state index contributed by atoms with van der Waals surface area (Å²) in [7, 11) is 0. The number of carbonyl (C=O) groups is 1. The summed E-state index contributed by atoms with van der Waals surface area (Å²) in [5.41, 5.74) is 0.906. The molecular weight excluding hydrogens is 394 g/mol. The normalized spacial score (nSPS) is 19.2. The van der Waals surface area contributed by atoms with E-state index < -0.39 is 0 Å². The van der Waals surface area contributed by atoms with Gasteiger partial charge in [-0.2, -0.15) is 0 Å². The number of halogens is 1. The van der Waals surface area contributed by atoms with Gasteiger partial charge < -0.3 is 19.9 Å². The van der Waals surface area contributed by atoms with Gasteiger partial charge in [-0.3, -0.25) is 4.79 Å². The number of benzene rings is 2. The summed E-state index contributed by atoms with van der Waals surface area (Å²) in [6.07, 6.45) is 2.02. The molecule has 0 saturated carbocycles. The van der Waals surface area contributed by atoms with Gasteiger partial charge in [0.1, 0.15) is 45.1 Å². The van der Waals surface area contributed by atoms with Gasteiger partial charge in [0.2, 0.25) is 0 Å². The molecule has 0 spiro atoms. The standard InChI is InChI=1S/C21H26ClN3O2S/c1-28-20-5-3-2-4-19(20)23-21(26)16-25-12-10-24(11-13-25)14-15-27-18-8-6-17(22)7-9-18/h2-9H,10-16H2,1H3,(H,23,26)/p+2. The summed E-state index contributed by atoms with van der Waals surface area (Å²) in [5.74, 6) is 0.946. The van der Waals surface area contributed by atoms with Crippen LogP contribution in [0.5, 0.6) is 5.75 Å². The van der Waals surface area contributed by atoms with Crippen molar-refractivity contribution in [2.75, 3.05) is 57.4 Å². The summed E-state index contributed by atoms with van der Waals surface area (Å²) in [5, 5.41) is 3.78. The molecule has 28 heavy (non-hydrogen) atoms. The molecule has 0 atom stereocenters. The number of hydrogen-bond donors (Lipinski definition) is 3. The van der Waals surface area contributed by atoms with Crippen LogP contribution < -0.4 is 19.9 Å². The van der Waals surface area contributed by atoms with E-state index in [1.165, 1.54) is 9.80 Å². The summed E-state index contributed by atoms with van der Waals surface area (Å²) in [6, 6.07) is 15.4. The van der Waals surface area contributed by atoms with Crippen LogP contribution in [0.2, 0.25) is 5.02 Å². The molecule has 1 heterocycles. The van der Waals surface area contributed by atoms with Crippen molar-refractivity contribution in [2.24, 2.45) is 0 Å². The van der Waals surface area contributed by atoms with Crippen LogP contribution >= 0.6 is 23.4 Å². The second-order valence-corrected chi connectivity index (χ2v) is 8.26. The van der Waals surface area contributed by atoms with Crippen molar-refractivity contribution >= 4 is 35.0 Å². The molecule has 1 aliphatic heterocycles. The number of amides is 1. The Balaban J connectivity index is 1.35. The van der Waals surface area contributed by atoms with Crippen molar-refractivity contribution in [2.45, 2.75) is 4.90 Å². The van der Waals surface area contributed by atoms with Crippen molar-refractivity contribution in [3.63, 3.8) is 0 Å². The Morgan fingerprint density at radius 1 is 1.07 bits per heavy atom. The minimum Gasteiger partial charge on any atom is -0.488 e. The number of para-hydroxylation sites is 1. The van der Waals surface area contributed by atoms with Crippen molar-refractivity contribution in [1.82, 2.24) is 0 Å². The van der Waals surface area contributed by atoms with Crippen LogP contribution in [0.15, 0.2) is 53.4 Å². The summed E-state index contributed by atoms with van der Waals surface area (Å²) in [4.78, 5) is 16.4. The lowest BCUT2D eigenvalue weighted by atomic mass is 10.3. The van der Waals surface area contributed by atoms with E-state index in [4.69, 9.17) is 16.3 Å². The van der Waals surface area contributed by atoms with E-state index in [1.807, 2.05) is 54.8 Å². The predicted molar refractivity (Wildman–Crippen MR) is 115 cm³/mol. The molecule has 0 aliphatic carbocycles. The Hall–Kier alpha value is -1.73. The summed E-state index contributed by atoms with van der Waals surface area (Å²) in [6.45, 7) is 6.34. The van der Waals surface area contributed by atoms with Gasteiger partial charge in [0.15, 0.2) is 6.54 Å². The monoisotopic (exact) mass is 421 g/mol. The Morgan fingerprint density at radius 2 is 1.75 bits per heavy atom. The number of carbonyl (C=O) groups excluding carboxylic acids is 1. The van der Waals surface area contributed by atoms with E-state index in [0.29, 0.717) is 13.2 Å². The minimum absolute atomic E-state index is 0.0889. The molecule has 2 aromatic rings. The van der Waals surface area contributed by atoms with Gasteiger partial charge in [-0.15, -0.1) is 11.8 Å². The van der Waals surface area contributed by atoms with Crippen LogP contribution in [-0.2, 0) is 4.79 Å². The van der Waals surface area contributed by atoms with Gasteiger partial charge in [0.05, 0.1) is 5.69 Å². The molecule has 2 aromatic carbocycles. The molecule has 0 aromatic heterocycles. The van der Waals surface area contributed by atoms with Gasteiger partial charge >= 0.3 is 0 Å². The number of nitrogens with one attached hydrogen (secondary N) is 3. The first-order valence-corrected chi connectivity index (χ1v) is 11.2. The van der Waals surface area contributed by atoms with E-state index in [1.54, 1.807) is 11.8 Å². The molecule has 3 rings (SSSR count). The molecular formula is C21H28ClN3O2S+2. The highest BCUT2D eigenvalue weighted by Crippen LogP contribution is 2.24. The van der Waals surface area contributed by atoms with Crippen LogP contribution in [0.1, 0.15) is 0 Å². The molecule has 3 N–H and O–H groups in total. The maximum atomic E-state index is 12.4. The highest BCUT2D eigenvalue weighted by Gasteiger charge is 2.24. The van der Waals surface area contributed by atoms with E-state index >= 15 is 0 Å². The third-order valence-corrected chi connectivity index (χ3v) is 6.04. The Bertz CT molecular complexity index is 765. The lowest BCUT2D eigenvalue weighted by Gasteiger charge is -2.29. The number of quaternary nitrogens is 2. The fraction of sp³-hybridized carbons (Fsp3) is 0.381. The van der Waals surface area contributed by atoms with Crippen LogP contribution in [0, 0.1) is 0 Å². The second kappa shape index (κ2) is 10.7. The zero-order valence-electron chi connectivity index (χ0n) is 16.2. The first-order valence-electron chi connectivity index (χ1n) is 9.62. The average Bonchev–Trinajstić information content (AvgIpc) is 2.71. The van der Waals surface area contributed by atoms with E-state index in [9.17, 15) is 4.79 Å². The van der Waals surface area contributed by atoms with Crippen LogP contribution in [-0.4, -0.2) is 58.0 Å². The zero-order valence-corrected chi connectivity index (χ0v) is 17.7. The molecule has 150 valence electrons. The Kier molecular flexibility index (Phi) is 8.03. The average molecular weight is 422 g/mol. The molecule has 1 saturated heterocycles. The number of rotatable bonds is 8. The number of anilines is 1. The molecule has 1 fully saturated rings. The van der Waals surface area contributed by atoms with Gasteiger partial charge in [-0.05, 0) is 42.7 Å². The molecule has 0 unspecified atom stereocenters. The molecule has 0 radical (unpaired) electrons. The summed E-state index contributed by atoms with van der Waals surface area (Å²) < 4.78 is 5.79. The third kappa shape index (κ3) is 6.41. The van der Waals surface area contributed by atoms with Crippen molar-refractivity contribution in [1.29, 1.82) is 0 Å². The fourth-order valence-corrected chi connectivity index (χ4v) is 4.08. The molecule has 0 bridgehead atoms. The fourth-order valence-electron chi connectivity index (χ4n) is 3.40. The van der Waals surface area contributed by atoms with E-state index in [0.717, 1.165) is 54.1 Å². The van der Waals surface area contributed by atoms with Gasteiger partial charge in [-0.25, -0.2) is 0 Å². The first-order chi connectivity index (χ1) is 13.6. The summed E-state index contributed by atoms with van der Waals surface area (Å²) >= 11 is 7.53. The Labute approximate surface area is 176 Å². The Morgan fingerprint density at radius 3 is 2.46 bits per heavy atom. The van der Waals surface area contributed by atoms with E-state index in [2.05, 4.69) is 5.32 Å². The minimum atomic E-state index is 0.0889. The SMILES string of the molecule is CSc1ccccc1NC(=O)C[NH+]1CC[NH+](CCOc2ccc(Cl)cc2)CC1. The van der Waals surface area contributed by atoms with Crippen molar-refractivity contribution in [3.8, 4) is 5.75 Å². The van der Waals surface area contributed by atoms with Crippen LogP contribution in [0.3, 0.4) is 0 Å². The highest BCUT2D eigenvalue weighted by atomic mass is 35.5. The maximum Gasteiger partial charge on any atom is 0.279 e. The number of thioether (sulfide) groups is 1. The van der Waals surface area contributed by atoms with E-state index in [-0.39, 0.29) is 5.91 Å². The quantitative estimate of drug-likeness (QED) is 0.554. The largest absolute Gasteiger partial charge is 0.488 e. The number of ether oxygens (including phenoxy) is 1. The third-order valence-electron chi connectivity index (χ3n) is 4.99. The van der Waals surface area contributed by atoms with Crippen LogP contribution in [0.4, 0.5) is 5.69 Å². The zero-order chi connectivity index (χ0) is 19.8. The molecule has 1 amide bonds.